The van der Waals surface area contributed by atoms with E-state index in [9.17, 15) is 4.39 Å². The molecule has 1 aliphatic heterocycles. The third-order valence-corrected chi connectivity index (χ3v) is 4.56. The molecule has 1 heterocycles. The predicted octanol–water partition coefficient (Wildman–Crippen LogP) is 4.47. The van der Waals surface area contributed by atoms with Crippen molar-refractivity contribution in [3.63, 3.8) is 0 Å². The number of ether oxygens (including phenoxy) is 1. The third kappa shape index (κ3) is 1.82. The van der Waals surface area contributed by atoms with Crippen LogP contribution in [0.1, 0.15) is 45.2 Å². The third-order valence-electron chi connectivity index (χ3n) is 4.56. The molecule has 1 aliphatic rings. The van der Waals surface area contributed by atoms with Crippen LogP contribution < -0.4 is 4.74 Å². The van der Waals surface area contributed by atoms with Crippen molar-refractivity contribution in [1.29, 1.82) is 0 Å². The van der Waals surface area contributed by atoms with Crippen molar-refractivity contribution in [3.8, 4) is 5.75 Å². The zero-order chi connectivity index (χ0) is 13.5. The van der Waals surface area contributed by atoms with Crippen LogP contribution in [0.2, 0.25) is 0 Å². The molecule has 0 aromatic heterocycles. The molecule has 0 aliphatic carbocycles. The summed E-state index contributed by atoms with van der Waals surface area (Å²) in [5, 5.41) is 0. The number of halogens is 1. The summed E-state index contributed by atoms with van der Waals surface area (Å²) in [5.41, 5.74) is 2.01. The molecule has 1 nitrogen and oxygen atoms in total. The van der Waals surface area contributed by atoms with E-state index in [0.29, 0.717) is 11.8 Å². The van der Waals surface area contributed by atoms with Gasteiger partial charge in [0.2, 0.25) is 0 Å². The van der Waals surface area contributed by atoms with E-state index in [1.54, 1.807) is 12.1 Å². The molecule has 0 spiro atoms. The molecule has 0 unspecified atom stereocenters. The van der Waals surface area contributed by atoms with Gasteiger partial charge < -0.3 is 4.74 Å². The Hall–Kier alpha value is -1.05. The van der Waals surface area contributed by atoms with Crippen LogP contribution in [0, 0.1) is 24.6 Å². The van der Waals surface area contributed by atoms with E-state index in [2.05, 4.69) is 27.7 Å². The highest BCUT2D eigenvalue weighted by Gasteiger charge is 2.43. The Kier molecular flexibility index (Phi) is 3.39. The normalized spacial score (nSPS) is 17.8. The number of aryl methyl sites for hydroxylation is 1. The van der Waals surface area contributed by atoms with Gasteiger partial charge in [0.25, 0.3) is 0 Å². The first kappa shape index (κ1) is 13.4. The molecule has 0 fully saturated rings. The van der Waals surface area contributed by atoms with E-state index in [1.165, 1.54) is 0 Å². The fourth-order valence-electron chi connectivity index (χ4n) is 3.59. The first-order chi connectivity index (χ1) is 8.39. The molecule has 2 heteroatoms. The summed E-state index contributed by atoms with van der Waals surface area (Å²) in [6.45, 7) is 11.6. The van der Waals surface area contributed by atoms with Crippen LogP contribution in [0.5, 0.6) is 5.75 Å². The lowest BCUT2D eigenvalue weighted by atomic mass is 9.61. The molecule has 0 saturated carbocycles. The molecule has 0 bridgehead atoms. The lowest BCUT2D eigenvalue weighted by Crippen LogP contribution is -2.42. The monoisotopic (exact) mass is 250 g/mol. The van der Waals surface area contributed by atoms with Crippen LogP contribution in [0.3, 0.4) is 0 Å². The Morgan fingerprint density at radius 1 is 1.17 bits per heavy atom. The van der Waals surface area contributed by atoms with Gasteiger partial charge in [-0.2, -0.15) is 0 Å². The zero-order valence-electron chi connectivity index (χ0n) is 12.0. The molecule has 1 aromatic carbocycles. The molecular weight excluding hydrogens is 227 g/mol. The van der Waals surface area contributed by atoms with E-state index in [0.717, 1.165) is 29.9 Å². The van der Waals surface area contributed by atoms with E-state index in [4.69, 9.17) is 4.74 Å². The number of benzene rings is 1. The van der Waals surface area contributed by atoms with Gasteiger partial charge in [-0.1, -0.05) is 27.7 Å². The topological polar surface area (TPSA) is 9.23 Å². The summed E-state index contributed by atoms with van der Waals surface area (Å²) in [7, 11) is 0. The Bertz CT molecular complexity index is 441. The minimum Gasteiger partial charge on any atom is -0.493 e. The SMILES string of the molecule is Cc1cc(F)cc2c1OCCC2(C(C)C)C(C)C. The van der Waals surface area contributed by atoms with Gasteiger partial charge in [-0.3, -0.25) is 0 Å². The van der Waals surface area contributed by atoms with Crippen LogP contribution in [0.4, 0.5) is 4.39 Å². The molecule has 0 amide bonds. The quantitative estimate of drug-likeness (QED) is 0.752. The summed E-state index contributed by atoms with van der Waals surface area (Å²) >= 11 is 0. The van der Waals surface area contributed by atoms with Crippen molar-refractivity contribution in [2.75, 3.05) is 6.61 Å². The Balaban J connectivity index is 2.69. The molecule has 100 valence electrons. The fourth-order valence-corrected chi connectivity index (χ4v) is 3.59. The van der Waals surface area contributed by atoms with Crippen LogP contribution in [0.25, 0.3) is 0 Å². The average molecular weight is 250 g/mol. The highest BCUT2D eigenvalue weighted by molar-refractivity contribution is 5.48. The fraction of sp³-hybridized carbons (Fsp3) is 0.625. The van der Waals surface area contributed by atoms with Crippen LogP contribution in [0.15, 0.2) is 12.1 Å². The molecule has 2 rings (SSSR count). The van der Waals surface area contributed by atoms with Crippen molar-refractivity contribution in [3.05, 3.63) is 29.1 Å². The van der Waals surface area contributed by atoms with Crippen molar-refractivity contribution >= 4 is 0 Å². The summed E-state index contributed by atoms with van der Waals surface area (Å²) in [6, 6.07) is 3.25. The van der Waals surface area contributed by atoms with E-state index >= 15 is 0 Å². The summed E-state index contributed by atoms with van der Waals surface area (Å²) in [6.07, 6.45) is 0.970. The van der Waals surface area contributed by atoms with Gasteiger partial charge >= 0.3 is 0 Å². The van der Waals surface area contributed by atoms with Gasteiger partial charge in [-0.15, -0.1) is 0 Å². The predicted molar refractivity (Wildman–Crippen MR) is 72.6 cm³/mol. The molecule has 0 radical (unpaired) electrons. The number of hydrogen-bond donors (Lipinski definition) is 0. The van der Waals surface area contributed by atoms with Gasteiger partial charge in [0.05, 0.1) is 6.61 Å². The summed E-state index contributed by atoms with van der Waals surface area (Å²) in [4.78, 5) is 0. The lowest BCUT2D eigenvalue weighted by Gasteiger charge is -2.46. The maximum Gasteiger partial charge on any atom is 0.126 e. The van der Waals surface area contributed by atoms with Gasteiger partial charge in [0.1, 0.15) is 11.6 Å². The minimum absolute atomic E-state index is 0.0282. The van der Waals surface area contributed by atoms with Gasteiger partial charge in [-0.25, -0.2) is 4.39 Å². The first-order valence-corrected chi connectivity index (χ1v) is 6.83. The van der Waals surface area contributed by atoms with Crippen LogP contribution in [-0.4, -0.2) is 6.61 Å². The van der Waals surface area contributed by atoms with Crippen molar-refractivity contribution in [1.82, 2.24) is 0 Å². The number of fused-ring (bicyclic) bond motifs is 1. The van der Waals surface area contributed by atoms with Crippen molar-refractivity contribution < 1.29 is 9.13 Å². The minimum atomic E-state index is -0.151. The second-order valence-corrected chi connectivity index (χ2v) is 6.05. The first-order valence-electron chi connectivity index (χ1n) is 6.83. The number of rotatable bonds is 2. The highest BCUT2D eigenvalue weighted by atomic mass is 19.1. The largest absolute Gasteiger partial charge is 0.493 e. The molecule has 0 N–H and O–H groups in total. The average Bonchev–Trinajstić information content (AvgIpc) is 2.27. The molecule has 0 saturated heterocycles. The second kappa shape index (κ2) is 4.56. The van der Waals surface area contributed by atoms with E-state index < -0.39 is 0 Å². The second-order valence-electron chi connectivity index (χ2n) is 6.05. The standard InChI is InChI=1S/C16H23FO/c1-10(2)16(11(3)4)6-7-18-15-12(5)8-13(17)9-14(15)16/h8-11H,6-7H2,1-5H3. The smallest absolute Gasteiger partial charge is 0.126 e. The molecular formula is C16H23FO. The Morgan fingerprint density at radius 2 is 1.78 bits per heavy atom. The Labute approximate surface area is 109 Å². The van der Waals surface area contributed by atoms with Crippen LogP contribution in [-0.2, 0) is 5.41 Å². The van der Waals surface area contributed by atoms with Gasteiger partial charge in [0, 0.05) is 11.0 Å². The Morgan fingerprint density at radius 3 is 2.33 bits per heavy atom. The highest BCUT2D eigenvalue weighted by Crippen LogP contribution is 2.49. The maximum absolute atomic E-state index is 13.8. The maximum atomic E-state index is 13.8. The van der Waals surface area contributed by atoms with Crippen molar-refractivity contribution in [2.45, 2.75) is 46.5 Å². The lowest BCUT2D eigenvalue weighted by molar-refractivity contribution is 0.127. The molecule has 1 aromatic rings. The summed E-state index contributed by atoms with van der Waals surface area (Å²) < 4.78 is 19.6. The van der Waals surface area contributed by atoms with Crippen LogP contribution >= 0.6 is 0 Å². The van der Waals surface area contributed by atoms with E-state index in [-0.39, 0.29) is 11.2 Å². The van der Waals surface area contributed by atoms with E-state index in [1.807, 2.05) is 6.92 Å². The van der Waals surface area contributed by atoms with Gasteiger partial charge in [0.15, 0.2) is 0 Å². The van der Waals surface area contributed by atoms with Gasteiger partial charge in [-0.05, 0) is 42.9 Å². The molecule has 18 heavy (non-hydrogen) atoms. The number of hydrogen-bond acceptors (Lipinski definition) is 1. The summed E-state index contributed by atoms with van der Waals surface area (Å²) in [5.74, 6) is 1.70. The van der Waals surface area contributed by atoms with Crippen molar-refractivity contribution in [2.24, 2.45) is 11.8 Å². The zero-order valence-corrected chi connectivity index (χ0v) is 12.0. The molecule has 0 atom stereocenters.